The third-order valence-corrected chi connectivity index (χ3v) is 4.91. The second kappa shape index (κ2) is 6.55. The first-order chi connectivity index (χ1) is 8.77. The number of rotatable bonds is 4. The molecule has 2 aliphatic rings. The molecule has 1 aliphatic heterocycles. The average Bonchev–Trinajstić information content (AvgIpc) is 2.46. The van der Waals surface area contributed by atoms with Gasteiger partial charge in [0.2, 0.25) is 5.91 Å². The van der Waals surface area contributed by atoms with Crippen LogP contribution in [0.2, 0.25) is 0 Å². The van der Waals surface area contributed by atoms with Crippen molar-refractivity contribution in [3.05, 3.63) is 0 Å². The zero-order valence-electron chi connectivity index (χ0n) is 11.8. The molecule has 2 N–H and O–H groups in total. The average molecular weight is 252 g/mol. The van der Waals surface area contributed by atoms with Gasteiger partial charge in [0, 0.05) is 13.1 Å². The second-order valence-electron chi connectivity index (χ2n) is 6.13. The SMILES string of the molecule is CCC1(C(=O)NCC2CCCCC2)CCCNC1. The van der Waals surface area contributed by atoms with E-state index in [1.807, 2.05) is 0 Å². The van der Waals surface area contributed by atoms with Crippen LogP contribution in [0.1, 0.15) is 58.3 Å². The quantitative estimate of drug-likeness (QED) is 0.807. The Labute approximate surface area is 111 Å². The van der Waals surface area contributed by atoms with Gasteiger partial charge in [-0.1, -0.05) is 26.2 Å². The van der Waals surface area contributed by atoms with Gasteiger partial charge in [0.05, 0.1) is 5.41 Å². The van der Waals surface area contributed by atoms with Crippen LogP contribution in [0.3, 0.4) is 0 Å². The first-order valence-corrected chi connectivity index (χ1v) is 7.76. The first-order valence-electron chi connectivity index (χ1n) is 7.76. The molecule has 0 bridgehead atoms. The van der Waals surface area contributed by atoms with E-state index in [4.69, 9.17) is 0 Å². The molecule has 1 heterocycles. The van der Waals surface area contributed by atoms with Crippen LogP contribution in [-0.4, -0.2) is 25.5 Å². The molecule has 0 aromatic heterocycles. The molecule has 1 unspecified atom stereocenters. The van der Waals surface area contributed by atoms with Gasteiger partial charge >= 0.3 is 0 Å². The molecule has 1 saturated carbocycles. The zero-order valence-corrected chi connectivity index (χ0v) is 11.8. The summed E-state index contributed by atoms with van der Waals surface area (Å²) in [6.45, 7) is 4.98. The molecule has 0 aromatic carbocycles. The second-order valence-corrected chi connectivity index (χ2v) is 6.13. The van der Waals surface area contributed by atoms with Crippen LogP contribution in [0.15, 0.2) is 0 Å². The number of amides is 1. The summed E-state index contributed by atoms with van der Waals surface area (Å²) in [5.41, 5.74) is -0.132. The van der Waals surface area contributed by atoms with Crippen molar-refractivity contribution < 1.29 is 4.79 Å². The normalized spacial score (nSPS) is 30.1. The van der Waals surface area contributed by atoms with E-state index in [-0.39, 0.29) is 5.41 Å². The third-order valence-electron chi connectivity index (χ3n) is 4.91. The molecule has 1 aliphatic carbocycles. The predicted molar refractivity (Wildman–Crippen MR) is 74.4 cm³/mol. The van der Waals surface area contributed by atoms with Crippen molar-refractivity contribution in [3.63, 3.8) is 0 Å². The molecular weight excluding hydrogens is 224 g/mol. The minimum absolute atomic E-state index is 0.132. The lowest BCUT2D eigenvalue weighted by molar-refractivity contribution is -0.132. The highest BCUT2D eigenvalue weighted by Crippen LogP contribution is 2.30. The van der Waals surface area contributed by atoms with Crippen molar-refractivity contribution in [2.45, 2.75) is 58.3 Å². The van der Waals surface area contributed by atoms with Crippen molar-refractivity contribution in [2.24, 2.45) is 11.3 Å². The molecule has 18 heavy (non-hydrogen) atoms. The highest BCUT2D eigenvalue weighted by molar-refractivity contribution is 5.83. The molecule has 2 rings (SSSR count). The maximum atomic E-state index is 12.4. The van der Waals surface area contributed by atoms with Gasteiger partial charge in [-0.2, -0.15) is 0 Å². The van der Waals surface area contributed by atoms with Crippen LogP contribution in [0.25, 0.3) is 0 Å². The third kappa shape index (κ3) is 3.25. The lowest BCUT2D eigenvalue weighted by Crippen LogP contribution is -2.51. The van der Waals surface area contributed by atoms with E-state index in [0.29, 0.717) is 5.91 Å². The number of carbonyl (C=O) groups is 1. The van der Waals surface area contributed by atoms with Gasteiger partial charge in [0.1, 0.15) is 0 Å². The molecule has 0 radical (unpaired) electrons. The molecule has 1 saturated heterocycles. The van der Waals surface area contributed by atoms with Gasteiger partial charge in [-0.05, 0) is 44.6 Å². The minimum atomic E-state index is -0.132. The van der Waals surface area contributed by atoms with Gasteiger partial charge in [-0.15, -0.1) is 0 Å². The molecule has 104 valence electrons. The van der Waals surface area contributed by atoms with Crippen LogP contribution < -0.4 is 10.6 Å². The fourth-order valence-electron chi connectivity index (χ4n) is 3.44. The first kappa shape index (κ1) is 13.9. The lowest BCUT2D eigenvalue weighted by atomic mass is 9.77. The molecular formula is C15H28N2O. The molecule has 1 atom stereocenters. The number of nitrogens with one attached hydrogen (secondary N) is 2. The van der Waals surface area contributed by atoms with E-state index in [0.717, 1.165) is 44.8 Å². The summed E-state index contributed by atoms with van der Waals surface area (Å²) in [6.07, 6.45) is 9.82. The Bertz CT molecular complexity index is 266. The highest BCUT2D eigenvalue weighted by Gasteiger charge is 2.37. The maximum absolute atomic E-state index is 12.4. The Morgan fingerprint density at radius 2 is 2.06 bits per heavy atom. The van der Waals surface area contributed by atoms with Crippen LogP contribution in [0, 0.1) is 11.3 Å². The van der Waals surface area contributed by atoms with Gasteiger partial charge < -0.3 is 10.6 Å². The van der Waals surface area contributed by atoms with Crippen molar-refractivity contribution in [1.82, 2.24) is 10.6 Å². The summed E-state index contributed by atoms with van der Waals surface area (Å²) in [6, 6.07) is 0. The molecule has 1 amide bonds. The van der Waals surface area contributed by atoms with Gasteiger partial charge in [-0.25, -0.2) is 0 Å². The Hall–Kier alpha value is -0.570. The Balaban J connectivity index is 1.81. The van der Waals surface area contributed by atoms with Crippen molar-refractivity contribution in [3.8, 4) is 0 Å². The van der Waals surface area contributed by atoms with Gasteiger partial charge in [0.25, 0.3) is 0 Å². The smallest absolute Gasteiger partial charge is 0.227 e. The molecule has 3 nitrogen and oxygen atoms in total. The van der Waals surface area contributed by atoms with Gasteiger partial charge in [0.15, 0.2) is 0 Å². The van der Waals surface area contributed by atoms with E-state index >= 15 is 0 Å². The Morgan fingerprint density at radius 3 is 2.67 bits per heavy atom. The van der Waals surface area contributed by atoms with Crippen LogP contribution in [0.5, 0.6) is 0 Å². The number of carbonyl (C=O) groups excluding carboxylic acids is 1. The van der Waals surface area contributed by atoms with Crippen LogP contribution in [0.4, 0.5) is 0 Å². The lowest BCUT2D eigenvalue weighted by Gasteiger charge is -2.36. The fourth-order valence-corrected chi connectivity index (χ4v) is 3.44. The standard InChI is InChI=1S/C15H28N2O/c1-2-15(9-6-10-16-12-15)14(18)17-11-13-7-4-3-5-8-13/h13,16H,2-12H2,1H3,(H,17,18). The summed E-state index contributed by atoms with van der Waals surface area (Å²) < 4.78 is 0. The number of piperidine rings is 1. The monoisotopic (exact) mass is 252 g/mol. The highest BCUT2D eigenvalue weighted by atomic mass is 16.2. The Kier molecular flexibility index (Phi) is 5.04. The van der Waals surface area contributed by atoms with Crippen LogP contribution in [-0.2, 0) is 4.79 Å². The summed E-state index contributed by atoms with van der Waals surface area (Å²) >= 11 is 0. The molecule has 0 aromatic rings. The largest absolute Gasteiger partial charge is 0.355 e. The van der Waals surface area contributed by atoms with E-state index in [9.17, 15) is 4.79 Å². The summed E-state index contributed by atoms with van der Waals surface area (Å²) in [4.78, 5) is 12.4. The summed E-state index contributed by atoms with van der Waals surface area (Å²) in [5.74, 6) is 1.02. The zero-order chi connectivity index (χ0) is 12.8. The summed E-state index contributed by atoms with van der Waals surface area (Å²) in [7, 11) is 0. The summed E-state index contributed by atoms with van der Waals surface area (Å²) in [5, 5.41) is 6.62. The van der Waals surface area contributed by atoms with E-state index in [2.05, 4.69) is 17.6 Å². The van der Waals surface area contributed by atoms with Gasteiger partial charge in [-0.3, -0.25) is 4.79 Å². The van der Waals surface area contributed by atoms with Crippen LogP contribution >= 0.6 is 0 Å². The topological polar surface area (TPSA) is 41.1 Å². The van der Waals surface area contributed by atoms with E-state index in [1.54, 1.807) is 0 Å². The fraction of sp³-hybridized carbons (Fsp3) is 0.933. The molecule has 2 fully saturated rings. The van der Waals surface area contributed by atoms with E-state index in [1.165, 1.54) is 32.1 Å². The van der Waals surface area contributed by atoms with E-state index < -0.39 is 0 Å². The Morgan fingerprint density at radius 1 is 1.28 bits per heavy atom. The molecule has 3 heteroatoms. The van der Waals surface area contributed by atoms with Crippen molar-refractivity contribution in [1.29, 1.82) is 0 Å². The predicted octanol–water partition coefficient (Wildman–Crippen LogP) is 2.46. The maximum Gasteiger partial charge on any atom is 0.227 e. The number of hydrogen-bond donors (Lipinski definition) is 2. The van der Waals surface area contributed by atoms with Crippen molar-refractivity contribution >= 4 is 5.91 Å². The molecule has 0 spiro atoms. The minimum Gasteiger partial charge on any atom is -0.355 e. The van der Waals surface area contributed by atoms with Crippen molar-refractivity contribution in [2.75, 3.05) is 19.6 Å². The number of hydrogen-bond acceptors (Lipinski definition) is 2.